The highest BCUT2D eigenvalue weighted by atomic mass is 35.5. The number of aryl methyl sites for hydroxylation is 1. The van der Waals surface area contributed by atoms with Crippen LogP contribution in [0.2, 0.25) is 0 Å². The molecular formula is C10H16ClN3O. The van der Waals surface area contributed by atoms with Gasteiger partial charge in [0, 0.05) is 32.6 Å². The molecule has 0 fully saturated rings. The van der Waals surface area contributed by atoms with E-state index >= 15 is 0 Å². The maximum Gasteiger partial charge on any atom is 0.225 e. The van der Waals surface area contributed by atoms with Crippen molar-refractivity contribution in [3.8, 4) is 0 Å². The second-order valence-corrected chi connectivity index (χ2v) is 4.05. The number of methoxy groups -OCH3 is 1. The van der Waals surface area contributed by atoms with E-state index in [0.717, 1.165) is 5.69 Å². The first-order valence-corrected chi connectivity index (χ1v) is 5.21. The summed E-state index contributed by atoms with van der Waals surface area (Å²) in [6, 6.07) is 1.87. The SMILES string of the molecule is COCC(Cl)CN(C)c1nccc(C)n1. The molecule has 0 aliphatic heterocycles. The van der Waals surface area contributed by atoms with Crippen molar-refractivity contribution >= 4 is 17.5 Å². The van der Waals surface area contributed by atoms with Crippen molar-refractivity contribution in [2.24, 2.45) is 0 Å². The van der Waals surface area contributed by atoms with E-state index in [0.29, 0.717) is 19.1 Å². The lowest BCUT2D eigenvalue weighted by Gasteiger charge is -2.19. The average molecular weight is 230 g/mol. The molecule has 0 spiro atoms. The quantitative estimate of drug-likeness (QED) is 0.717. The Morgan fingerprint density at radius 2 is 2.33 bits per heavy atom. The summed E-state index contributed by atoms with van der Waals surface area (Å²) in [5.41, 5.74) is 0.949. The molecule has 0 aliphatic rings. The van der Waals surface area contributed by atoms with Crippen LogP contribution in [0, 0.1) is 6.92 Å². The van der Waals surface area contributed by atoms with Gasteiger partial charge in [-0.1, -0.05) is 0 Å². The zero-order valence-corrected chi connectivity index (χ0v) is 10.0. The molecule has 1 rings (SSSR count). The van der Waals surface area contributed by atoms with E-state index in [2.05, 4.69) is 9.97 Å². The molecule has 15 heavy (non-hydrogen) atoms. The van der Waals surface area contributed by atoms with Crippen LogP contribution in [-0.4, -0.2) is 42.7 Å². The van der Waals surface area contributed by atoms with Crippen LogP contribution in [0.15, 0.2) is 12.3 Å². The monoisotopic (exact) mass is 229 g/mol. The Bertz CT molecular complexity index is 308. The largest absolute Gasteiger partial charge is 0.383 e. The zero-order chi connectivity index (χ0) is 11.3. The summed E-state index contributed by atoms with van der Waals surface area (Å²) < 4.78 is 4.96. The van der Waals surface area contributed by atoms with Crippen LogP contribution in [0.5, 0.6) is 0 Å². The number of nitrogens with zero attached hydrogens (tertiary/aromatic N) is 3. The minimum atomic E-state index is -0.0517. The van der Waals surface area contributed by atoms with Gasteiger partial charge in [0.25, 0.3) is 0 Å². The third kappa shape index (κ3) is 4.01. The summed E-state index contributed by atoms with van der Waals surface area (Å²) in [6.07, 6.45) is 1.74. The fourth-order valence-electron chi connectivity index (χ4n) is 1.23. The minimum Gasteiger partial charge on any atom is -0.383 e. The minimum absolute atomic E-state index is 0.0517. The standard InChI is InChI=1S/C10H16ClN3O/c1-8-4-5-12-10(13-8)14(2)6-9(11)7-15-3/h4-5,9H,6-7H2,1-3H3. The van der Waals surface area contributed by atoms with Gasteiger partial charge in [0.15, 0.2) is 0 Å². The molecule has 1 aromatic rings. The van der Waals surface area contributed by atoms with Crippen LogP contribution < -0.4 is 4.90 Å². The predicted molar refractivity (Wildman–Crippen MR) is 61.6 cm³/mol. The Morgan fingerprint density at radius 1 is 1.60 bits per heavy atom. The number of alkyl halides is 1. The topological polar surface area (TPSA) is 38.2 Å². The van der Waals surface area contributed by atoms with Gasteiger partial charge in [-0.15, -0.1) is 11.6 Å². The highest BCUT2D eigenvalue weighted by molar-refractivity contribution is 6.21. The summed E-state index contributed by atoms with van der Waals surface area (Å²) in [4.78, 5) is 10.4. The first-order chi connectivity index (χ1) is 7.13. The first kappa shape index (κ1) is 12.2. The van der Waals surface area contributed by atoms with E-state index in [1.165, 1.54) is 0 Å². The number of aromatic nitrogens is 2. The molecular weight excluding hydrogens is 214 g/mol. The number of ether oxygens (including phenoxy) is 1. The fourth-order valence-corrected chi connectivity index (χ4v) is 1.56. The zero-order valence-electron chi connectivity index (χ0n) is 9.27. The Kier molecular flexibility index (Phi) is 4.78. The Morgan fingerprint density at radius 3 is 2.93 bits per heavy atom. The van der Waals surface area contributed by atoms with Crippen molar-refractivity contribution in [2.45, 2.75) is 12.3 Å². The maximum absolute atomic E-state index is 6.04. The lowest BCUT2D eigenvalue weighted by molar-refractivity contribution is 0.199. The second-order valence-electron chi connectivity index (χ2n) is 3.43. The predicted octanol–water partition coefficient (Wildman–Crippen LogP) is 1.48. The van der Waals surface area contributed by atoms with E-state index < -0.39 is 0 Å². The normalized spacial score (nSPS) is 12.5. The fraction of sp³-hybridized carbons (Fsp3) is 0.600. The number of rotatable bonds is 5. The number of anilines is 1. The summed E-state index contributed by atoms with van der Waals surface area (Å²) in [5, 5.41) is -0.0517. The van der Waals surface area contributed by atoms with Crippen molar-refractivity contribution in [1.82, 2.24) is 9.97 Å². The molecule has 0 saturated carbocycles. The van der Waals surface area contributed by atoms with Crippen LogP contribution in [-0.2, 0) is 4.74 Å². The molecule has 1 heterocycles. The molecule has 0 N–H and O–H groups in total. The molecule has 0 saturated heterocycles. The molecule has 0 amide bonds. The van der Waals surface area contributed by atoms with Gasteiger partial charge >= 0.3 is 0 Å². The lowest BCUT2D eigenvalue weighted by atomic mass is 10.4. The molecule has 4 nitrogen and oxygen atoms in total. The van der Waals surface area contributed by atoms with Crippen molar-refractivity contribution in [2.75, 3.05) is 32.2 Å². The van der Waals surface area contributed by atoms with Gasteiger partial charge < -0.3 is 9.64 Å². The molecule has 0 radical (unpaired) electrons. The summed E-state index contributed by atoms with van der Waals surface area (Å²) in [7, 11) is 3.55. The third-order valence-electron chi connectivity index (χ3n) is 1.94. The van der Waals surface area contributed by atoms with E-state index in [1.807, 2.05) is 24.9 Å². The smallest absolute Gasteiger partial charge is 0.225 e. The van der Waals surface area contributed by atoms with Gasteiger partial charge in [0.2, 0.25) is 5.95 Å². The molecule has 0 bridgehead atoms. The number of halogens is 1. The number of hydrogen-bond donors (Lipinski definition) is 0. The van der Waals surface area contributed by atoms with Crippen LogP contribution in [0.3, 0.4) is 0 Å². The molecule has 0 aliphatic carbocycles. The van der Waals surface area contributed by atoms with Crippen LogP contribution >= 0.6 is 11.6 Å². The van der Waals surface area contributed by atoms with Crippen molar-refractivity contribution < 1.29 is 4.74 Å². The van der Waals surface area contributed by atoms with Crippen molar-refractivity contribution in [3.63, 3.8) is 0 Å². The van der Waals surface area contributed by atoms with Crippen LogP contribution in [0.1, 0.15) is 5.69 Å². The van der Waals surface area contributed by atoms with Crippen molar-refractivity contribution in [3.05, 3.63) is 18.0 Å². The van der Waals surface area contributed by atoms with Crippen molar-refractivity contribution in [1.29, 1.82) is 0 Å². The van der Waals surface area contributed by atoms with E-state index in [1.54, 1.807) is 13.3 Å². The highest BCUT2D eigenvalue weighted by Gasteiger charge is 2.10. The Balaban J connectivity index is 2.56. The molecule has 1 atom stereocenters. The molecule has 0 aromatic carbocycles. The maximum atomic E-state index is 6.04. The van der Waals surface area contributed by atoms with Gasteiger partial charge in [0.05, 0.1) is 12.0 Å². The van der Waals surface area contributed by atoms with Gasteiger partial charge in [-0.25, -0.2) is 9.97 Å². The summed E-state index contributed by atoms with van der Waals surface area (Å²) in [6.45, 7) is 3.13. The molecule has 84 valence electrons. The van der Waals surface area contributed by atoms with Gasteiger partial charge in [0.1, 0.15) is 0 Å². The van der Waals surface area contributed by atoms with E-state index in [4.69, 9.17) is 16.3 Å². The van der Waals surface area contributed by atoms with Gasteiger partial charge in [-0.05, 0) is 13.0 Å². The lowest BCUT2D eigenvalue weighted by Crippen LogP contribution is -2.29. The second kappa shape index (κ2) is 5.88. The van der Waals surface area contributed by atoms with Gasteiger partial charge in [-0.2, -0.15) is 0 Å². The average Bonchev–Trinajstić information content (AvgIpc) is 2.18. The third-order valence-corrected chi connectivity index (χ3v) is 2.21. The Hall–Kier alpha value is -0.870. The van der Waals surface area contributed by atoms with Crippen LogP contribution in [0.4, 0.5) is 5.95 Å². The Labute approximate surface area is 95.2 Å². The number of hydrogen-bond acceptors (Lipinski definition) is 4. The van der Waals surface area contributed by atoms with E-state index in [-0.39, 0.29) is 5.38 Å². The summed E-state index contributed by atoms with van der Waals surface area (Å²) >= 11 is 6.04. The molecule has 1 unspecified atom stereocenters. The summed E-state index contributed by atoms with van der Waals surface area (Å²) in [5.74, 6) is 0.691. The highest BCUT2D eigenvalue weighted by Crippen LogP contribution is 2.07. The molecule has 1 aromatic heterocycles. The van der Waals surface area contributed by atoms with Crippen LogP contribution in [0.25, 0.3) is 0 Å². The molecule has 5 heteroatoms. The van der Waals surface area contributed by atoms with Gasteiger partial charge in [-0.3, -0.25) is 0 Å². The van der Waals surface area contributed by atoms with E-state index in [9.17, 15) is 0 Å². The first-order valence-electron chi connectivity index (χ1n) is 4.77.